The van der Waals surface area contributed by atoms with E-state index in [9.17, 15) is 9.59 Å². The quantitative estimate of drug-likeness (QED) is 0.463. The zero-order valence-electron chi connectivity index (χ0n) is 7.75. The highest BCUT2D eigenvalue weighted by Gasteiger charge is 2.34. The van der Waals surface area contributed by atoms with Crippen molar-refractivity contribution in [1.82, 2.24) is 0 Å². The molecule has 1 saturated carbocycles. The van der Waals surface area contributed by atoms with Crippen molar-refractivity contribution in [1.29, 1.82) is 0 Å². The van der Waals surface area contributed by atoms with Crippen LogP contribution in [-0.2, 0) is 9.59 Å². The Morgan fingerprint density at radius 1 is 1.50 bits per heavy atom. The summed E-state index contributed by atoms with van der Waals surface area (Å²) in [6, 6.07) is 0. The predicted molar refractivity (Wildman–Crippen MR) is 46.7 cm³/mol. The Labute approximate surface area is 73.3 Å². The van der Waals surface area contributed by atoms with Gasteiger partial charge in [-0.05, 0) is 25.2 Å². The number of carbonyl (C=O) groups is 2. The molecule has 0 saturated heterocycles. The summed E-state index contributed by atoms with van der Waals surface area (Å²) in [5.74, 6) is 0.512. The van der Waals surface area contributed by atoms with Gasteiger partial charge in [0, 0.05) is 5.92 Å². The number of carbonyl (C=O) groups excluding carboxylic acids is 2. The Hall–Kier alpha value is -0.660. The summed E-state index contributed by atoms with van der Waals surface area (Å²) in [5.41, 5.74) is 0. The lowest BCUT2D eigenvalue weighted by Crippen LogP contribution is -2.19. The van der Waals surface area contributed by atoms with E-state index in [4.69, 9.17) is 0 Å². The highest BCUT2D eigenvalue weighted by atomic mass is 16.1. The first-order valence-corrected chi connectivity index (χ1v) is 4.64. The third kappa shape index (κ3) is 2.43. The van der Waals surface area contributed by atoms with Crippen LogP contribution in [0.5, 0.6) is 0 Å². The molecule has 1 rings (SSSR count). The first-order chi connectivity index (χ1) is 5.65. The van der Waals surface area contributed by atoms with Gasteiger partial charge in [0.1, 0.15) is 12.1 Å². The maximum atomic E-state index is 11.4. The normalized spacial score (nSPS) is 19.2. The van der Waals surface area contributed by atoms with Crippen LogP contribution in [0.4, 0.5) is 0 Å². The average Bonchev–Trinajstić information content (AvgIpc) is 2.80. The number of rotatable bonds is 5. The zero-order chi connectivity index (χ0) is 9.14. The zero-order valence-corrected chi connectivity index (χ0v) is 7.75. The minimum Gasteiger partial charge on any atom is -0.303 e. The second kappa shape index (κ2) is 3.83. The van der Waals surface area contributed by atoms with Crippen LogP contribution in [0, 0.1) is 17.8 Å². The first-order valence-electron chi connectivity index (χ1n) is 4.64. The summed E-state index contributed by atoms with van der Waals surface area (Å²) in [6.45, 7) is 4.08. The van der Waals surface area contributed by atoms with Crippen molar-refractivity contribution < 1.29 is 9.59 Å². The third-order valence-corrected chi connectivity index (χ3v) is 2.23. The van der Waals surface area contributed by atoms with Gasteiger partial charge in [-0.3, -0.25) is 4.79 Å². The Morgan fingerprint density at radius 3 is 2.42 bits per heavy atom. The van der Waals surface area contributed by atoms with E-state index in [1.807, 2.05) is 13.8 Å². The highest BCUT2D eigenvalue weighted by molar-refractivity contribution is 5.96. The molecule has 0 radical (unpaired) electrons. The van der Waals surface area contributed by atoms with Crippen molar-refractivity contribution >= 4 is 12.1 Å². The molecular formula is C10H16O2. The summed E-state index contributed by atoms with van der Waals surface area (Å²) in [6.07, 6.45) is 3.54. The molecule has 0 heterocycles. The van der Waals surface area contributed by atoms with E-state index in [1.54, 1.807) is 0 Å². The van der Waals surface area contributed by atoms with Crippen molar-refractivity contribution in [2.45, 2.75) is 33.1 Å². The van der Waals surface area contributed by atoms with Gasteiger partial charge in [-0.1, -0.05) is 13.8 Å². The van der Waals surface area contributed by atoms with Gasteiger partial charge in [-0.15, -0.1) is 0 Å². The summed E-state index contributed by atoms with van der Waals surface area (Å²) in [4.78, 5) is 22.0. The molecule has 2 nitrogen and oxygen atoms in total. The lowest BCUT2D eigenvalue weighted by molar-refractivity contribution is -0.128. The lowest BCUT2D eigenvalue weighted by Gasteiger charge is -2.10. The molecule has 0 amide bonds. The molecule has 68 valence electrons. The van der Waals surface area contributed by atoms with Gasteiger partial charge in [-0.2, -0.15) is 0 Å². The largest absolute Gasteiger partial charge is 0.303 e. The Balaban J connectivity index is 2.42. The smallest absolute Gasteiger partial charge is 0.146 e. The van der Waals surface area contributed by atoms with Crippen LogP contribution in [0.1, 0.15) is 33.1 Å². The summed E-state index contributed by atoms with van der Waals surface area (Å²) >= 11 is 0. The standard InChI is InChI=1S/C10H16O2/c1-7(2)5-9(6-11)10(12)8-3-4-8/h6-9H,3-5H2,1-2H3. The van der Waals surface area contributed by atoms with Crippen molar-refractivity contribution in [3.05, 3.63) is 0 Å². The molecule has 2 heteroatoms. The van der Waals surface area contributed by atoms with Gasteiger partial charge in [0.2, 0.25) is 0 Å². The number of aldehydes is 1. The second-order valence-corrected chi connectivity index (χ2v) is 4.05. The third-order valence-electron chi connectivity index (χ3n) is 2.23. The van der Waals surface area contributed by atoms with Gasteiger partial charge in [0.25, 0.3) is 0 Å². The van der Waals surface area contributed by atoms with Gasteiger partial charge in [-0.25, -0.2) is 0 Å². The molecule has 0 aromatic heterocycles. The van der Waals surface area contributed by atoms with Gasteiger partial charge in [0.05, 0.1) is 5.92 Å². The summed E-state index contributed by atoms with van der Waals surface area (Å²) in [7, 11) is 0. The summed E-state index contributed by atoms with van der Waals surface area (Å²) < 4.78 is 0. The second-order valence-electron chi connectivity index (χ2n) is 4.05. The van der Waals surface area contributed by atoms with Crippen LogP contribution in [0.15, 0.2) is 0 Å². The molecular weight excluding hydrogens is 152 g/mol. The van der Waals surface area contributed by atoms with Crippen LogP contribution >= 0.6 is 0 Å². The van der Waals surface area contributed by atoms with E-state index < -0.39 is 0 Å². The molecule has 12 heavy (non-hydrogen) atoms. The van der Waals surface area contributed by atoms with Crippen LogP contribution in [0.2, 0.25) is 0 Å². The van der Waals surface area contributed by atoms with E-state index in [-0.39, 0.29) is 17.6 Å². The van der Waals surface area contributed by atoms with Gasteiger partial charge >= 0.3 is 0 Å². The number of Topliss-reactive ketones (excluding diaryl/α,β-unsaturated/α-hetero) is 1. The van der Waals surface area contributed by atoms with Gasteiger partial charge in [0.15, 0.2) is 0 Å². The molecule has 0 aliphatic heterocycles. The van der Waals surface area contributed by atoms with E-state index in [0.29, 0.717) is 5.92 Å². The Morgan fingerprint density at radius 2 is 2.08 bits per heavy atom. The number of ketones is 1. The minimum atomic E-state index is -0.322. The van der Waals surface area contributed by atoms with Crippen molar-refractivity contribution in [2.75, 3.05) is 0 Å². The Bertz CT molecular complexity index is 180. The van der Waals surface area contributed by atoms with Crippen LogP contribution in [-0.4, -0.2) is 12.1 Å². The van der Waals surface area contributed by atoms with Crippen LogP contribution in [0.3, 0.4) is 0 Å². The highest BCUT2D eigenvalue weighted by Crippen LogP contribution is 2.33. The molecule has 1 aliphatic rings. The van der Waals surface area contributed by atoms with E-state index in [2.05, 4.69) is 0 Å². The molecule has 1 atom stereocenters. The average molecular weight is 168 g/mol. The Kier molecular flexibility index (Phi) is 3.01. The monoisotopic (exact) mass is 168 g/mol. The van der Waals surface area contributed by atoms with Crippen LogP contribution < -0.4 is 0 Å². The molecule has 0 aromatic rings. The van der Waals surface area contributed by atoms with E-state index in [0.717, 1.165) is 25.5 Å². The van der Waals surface area contributed by atoms with Crippen molar-refractivity contribution in [3.8, 4) is 0 Å². The maximum absolute atomic E-state index is 11.4. The van der Waals surface area contributed by atoms with Gasteiger partial charge < -0.3 is 4.79 Å². The van der Waals surface area contributed by atoms with Crippen LogP contribution in [0.25, 0.3) is 0 Å². The SMILES string of the molecule is CC(C)CC(C=O)C(=O)C1CC1. The maximum Gasteiger partial charge on any atom is 0.146 e. The van der Waals surface area contributed by atoms with E-state index in [1.165, 1.54) is 0 Å². The predicted octanol–water partition coefficient (Wildman–Crippen LogP) is 1.83. The summed E-state index contributed by atoms with van der Waals surface area (Å²) in [5, 5.41) is 0. The molecule has 0 bridgehead atoms. The fourth-order valence-electron chi connectivity index (χ4n) is 1.42. The molecule has 1 unspecified atom stereocenters. The number of hydrogen-bond acceptors (Lipinski definition) is 2. The fraction of sp³-hybridized carbons (Fsp3) is 0.800. The topological polar surface area (TPSA) is 34.1 Å². The number of hydrogen-bond donors (Lipinski definition) is 0. The molecule has 1 aliphatic carbocycles. The fourth-order valence-corrected chi connectivity index (χ4v) is 1.42. The van der Waals surface area contributed by atoms with Crippen molar-refractivity contribution in [3.63, 3.8) is 0 Å². The lowest BCUT2D eigenvalue weighted by atomic mass is 9.92. The molecule has 1 fully saturated rings. The molecule has 0 aromatic carbocycles. The first kappa shape index (κ1) is 9.43. The molecule has 0 spiro atoms. The molecule has 0 N–H and O–H groups in total. The van der Waals surface area contributed by atoms with E-state index >= 15 is 0 Å². The minimum absolute atomic E-state index is 0.179. The van der Waals surface area contributed by atoms with Crippen molar-refractivity contribution in [2.24, 2.45) is 17.8 Å².